The number of amides is 5. The monoisotopic (exact) mass is 1150 g/mol. The zero-order valence-corrected chi connectivity index (χ0v) is 48.6. The van der Waals surface area contributed by atoms with Crippen LogP contribution in [0, 0.1) is 0 Å². The van der Waals surface area contributed by atoms with Crippen molar-refractivity contribution in [1.82, 2.24) is 19.6 Å². The Balaban J connectivity index is 0.000000212. The Labute approximate surface area is 484 Å². The third-order valence-corrected chi connectivity index (χ3v) is 15.0. The largest absolute Gasteiger partial charge is 0.481 e. The highest BCUT2D eigenvalue weighted by molar-refractivity contribution is 6.27. The standard InChI is InChI=1S/C31H35Cl2N3O3.C16H17N3O2.C15H20Cl2O2/c1-35(2)17-18-36-30(38)26-7-4-6-24-19-25(20-27(29(24)26)31(36)39)34-28(37)8-3-5-21-9-11-22(12-10-21)23(13-15-32)14-16-33;1-18(2)6-7-19-15(20)12-5-3-4-10-8-11(17)9-13(14(10)12)16(19)21;16-10-8-14(9-11-17)13-6-4-12(5-7-13)2-1-3-15(18)19/h4,6-7,9-12,19-20,23H,3,5,8,13-18H2,1-2H3,(H,34,37);3-5,8-9H,6-7,17H2,1-2H3;4-7,14H,1-3,8-11H2,(H,18,19). The van der Waals surface area contributed by atoms with Gasteiger partial charge in [0.25, 0.3) is 23.6 Å². The number of aryl methyl sites for hydroxylation is 2. The molecule has 17 heteroatoms. The Morgan fingerprint density at radius 2 is 0.949 bits per heavy atom. The first-order valence-corrected chi connectivity index (χ1v) is 29.0. The first-order chi connectivity index (χ1) is 38.0. The molecule has 0 saturated carbocycles. The number of nitrogens with zero attached hydrogens (tertiary/aromatic N) is 4. The summed E-state index contributed by atoms with van der Waals surface area (Å²) < 4.78 is 0. The van der Waals surface area contributed by atoms with Crippen molar-refractivity contribution < 1.29 is 33.9 Å². The maximum atomic E-state index is 13.3. The Morgan fingerprint density at radius 1 is 0.544 bits per heavy atom. The van der Waals surface area contributed by atoms with Crippen LogP contribution in [0.4, 0.5) is 11.4 Å². The van der Waals surface area contributed by atoms with Crippen molar-refractivity contribution in [2.45, 2.75) is 76.0 Å². The van der Waals surface area contributed by atoms with E-state index in [-0.39, 0.29) is 36.0 Å². The molecule has 0 fully saturated rings. The molecular weight excluding hydrogens is 1080 g/mol. The molecule has 0 radical (unpaired) electrons. The lowest BCUT2D eigenvalue weighted by atomic mass is 9.92. The fourth-order valence-corrected chi connectivity index (χ4v) is 11.0. The highest BCUT2D eigenvalue weighted by atomic mass is 35.5. The van der Waals surface area contributed by atoms with Gasteiger partial charge in [0.2, 0.25) is 5.91 Å². The van der Waals surface area contributed by atoms with E-state index < -0.39 is 5.97 Å². The van der Waals surface area contributed by atoms with Crippen LogP contribution < -0.4 is 11.1 Å². The predicted molar refractivity (Wildman–Crippen MR) is 322 cm³/mol. The molecule has 0 aliphatic carbocycles. The van der Waals surface area contributed by atoms with E-state index in [4.69, 9.17) is 57.2 Å². The van der Waals surface area contributed by atoms with Crippen molar-refractivity contribution in [3.63, 3.8) is 0 Å². The average Bonchev–Trinajstić information content (AvgIpc) is 3.60. The number of carbonyl (C=O) groups is 6. The fraction of sp³-hybridized carbons (Fsp3) is 0.387. The molecule has 2 aliphatic rings. The second-order valence-electron chi connectivity index (χ2n) is 20.5. The normalized spacial score (nSPS) is 12.9. The Bertz CT molecular complexity index is 3070. The van der Waals surface area contributed by atoms with E-state index in [0.29, 0.717) is 125 Å². The molecule has 0 aromatic heterocycles. The van der Waals surface area contributed by atoms with Crippen LogP contribution in [0.25, 0.3) is 21.5 Å². The Kier molecular flexibility index (Phi) is 24.0. The van der Waals surface area contributed by atoms with E-state index in [0.717, 1.165) is 49.3 Å². The molecule has 0 saturated heterocycles. The topological polar surface area (TPSA) is 174 Å². The number of hydrogen-bond donors (Lipinski definition) is 3. The highest BCUT2D eigenvalue weighted by Crippen LogP contribution is 2.35. The average molecular weight is 1160 g/mol. The minimum atomic E-state index is -0.735. The fourth-order valence-electron chi connectivity index (χ4n) is 9.93. The van der Waals surface area contributed by atoms with E-state index in [9.17, 15) is 28.8 Å². The van der Waals surface area contributed by atoms with Crippen molar-refractivity contribution >= 4 is 115 Å². The highest BCUT2D eigenvalue weighted by Gasteiger charge is 2.34. The number of anilines is 2. The van der Waals surface area contributed by atoms with Crippen LogP contribution in [0.3, 0.4) is 0 Å². The second-order valence-corrected chi connectivity index (χ2v) is 22.0. The smallest absolute Gasteiger partial charge is 0.303 e. The number of hydrogen-bond acceptors (Lipinski definition) is 9. The van der Waals surface area contributed by atoms with Crippen molar-refractivity contribution in [2.75, 3.05) is 88.9 Å². The van der Waals surface area contributed by atoms with Gasteiger partial charge in [0.1, 0.15) is 0 Å². The number of nitrogens with one attached hydrogen (secondary N) is 1. The third kappa shape index (κ3) is 17.0. The quantitative estimate of drug-likeness (QED) is 0.0284. The summed E-state index contributed by atoms with van der Waals surface area (Å²) in [7, 11) is 7.62. The number of likely N-dealkylation sites (N-methyl/N-ethyl adjacent to an activating group) is 2. The summed E-state index contributed by atoms with van der Waals surface area (Å²) >= 11 is 23.5. The van der Waals surface area contributed by atoms with Crippen LogP contribution in [0.2, 0.25) is 0 Å². The van der Waals surface area contributed by atoms with Crippen LogP contribution in [0.1, 0.15) is 127 Å². The summed E-state index contributed by atoms with van der Waals surface area (Å²) in [5.74, 6) is 1.34. The molecule has 8 rings (SSSR count). The molecule has 0 bridgehead atoms. The molecule has 6 aromatic rings. The van der Waals surface area contributed by atoms with E-state index in [1.54, 1.807) is 30.3 Å². The minimum absolute atomic E-state index is 0.109. The second kappa shape index (κ2) is 30.5. The van der Waals surface area contributed by atoms with Crippen LogP contribution in [0.15, 0.2) is 109 Å². The number of alkyl halides is 4. The molecule has 0 atom stereocenters. The first-order valence-electron chi connectivity index (χ1n) is 26.8. The lowest BCUT2D eigenvalue weighted by Crippen LogP contribution is -2.43. The van der Waals surface area contributed by atoms with Gasteiger partial charge in [-0.25, -0.2) is 0 Å². The first kappa shape index (κ1) is 62.1. The van der Waals surface area contributed by atoms with E-state index >= 15 is 0 Å². The van der Waals surface area contributed by atoms with E-state index in [1.165, 1.54) is 32.1 Å². The number of carboxylic acid groups (broad SMARTS) is 1. The van der Waals surface area contributed by atoms with Crippen LogP contribution >= 0.6 is 46.4 Å². The molecule has 420 valence electrons. The molecule has 2 heterocycles. The van der Waals surface area contributed by atoms with Gasteiger partial charge in [0.15, 0.2) is 0 Å². The van der Waals surface area contributed by atoms with Gasteiger partial charge in [-0.2, -0.15) is 0 Å². The minimum Gasteiger partial charge on any atom is -0.481 e. The summed E-state index contributed by atoms with van der Waals surface area (Å²) in [5.41, 5.74) is 13.9. The summed E-state index contributed by atoms with van der Waals surface area (Å²) in [6, 6.07) is 34.7. The van der Waals surface area contributed by atoms with Crippen molar-refractivity contribution in [1.29, 1.82) is 0 Å². The van der Waals surface area contributed by atoms with Gasteiger partial charge in [-0.05, 0) is 161 Å². The SMILES string of the molecule is CN(C)CCN1C(=O)c2cccc3cc(N)cc(c23)C1=O.CN(C)CCN1C(=O)c2cccc3cc(NC(=O)CCCc4ccc(C(CCCl)CCCl)cc4)cc(c23)C1=O.O=C(O)CCCc1ccc(C(CCCl)CCCl)cc1. The molecule has 0 unspecified atom stereocenters. The maximum Gasteiger partial charge on any atom is 0.303 e. The number of imide groups is 2. The van der Waals surface area contributed by atoms with Gasteiger partial charge in [0.05, 0.1) is 11.1 Å². The number of carbonyl (C=O) groups excluding carboxylic acids is 5. The maximum absolute atomic E-state index is 13.3. The van der Waals surface area contributed by atoms with Crippen molar-refractivity contribution in [2.24, 2.45) is 0 Å². The number of halogens is 4. The molecule has 79 heavy (non-hydrogen) atoms. The molecule has 5 amide bonds. The molecule has 2 aliphatic heterocycles. The lowest BCUT2D eigenvalue weighted by Gasteiger charge is -2.28. The predicted octanol–water partition coefficient (Wildman–Crippen LogP) is 12.3. The lowest BCUT2D eigenvalue weighted by molar-refractivity contribution is -0.137. The summed E-state index contributed by atoms with van der Waals surface area (Å²) in [5, 5.41) is 14.5. The van der Waals surface area contributed by atoms with Crippen molar-refractivity contribution in [3.05, 3.63) is 154 Å². The Morgan fingerprint density at radius 3 is 1.37 bits per heavy atom. The van der Waals surface area contributed by atoms with Crippen LogP contribution in [-0.4, -0.2) is 138 Å². The number of rotatable bonds is 25. The van der Waals surface area contributed by atoms with E-state index in [2.05, 4.69) is 53.8 Å². The summed E-state index contributed by atoms with van der Waals surface area (Å²) in [4.78, 5) is 81.2. The zero-order chi connectivity index (χ0) is 57.2. The van der Waals surface area contributed by atoms with Crippen LogP contribution in [-0.2, 0) is 22.4 Å². The Hall–Kier alpha value is -6.06. The van der Waals surface area contributed by atoms with Gasteiger partial charge >= 0.3 is 5.97 Å². The molecular formula is C62H72Cl4N6O7. The van der Waals surface area contributed by atoms with Gasteiger partial charge < -0.3 is 26.0 Å². The number of benzene rings is 6. The summed E-state index contributed by atoms with van der Waals surface area (Å²) in [6.07, 6.45) is 7.25. The molecule has 13 nitrogen and oxygen atoms in total. The molecule has 6 aromatic carbocycles. The number of nitrogen functional groups attached to an aromatic ring is 1. The van der Waals surface area contributed by atoms with Crippen molar-refractivity contribution in [3.8, 4) is 0 Å². The van der Waals surface area contributed by atoms with Gasteiger partial charge in [-0.1, -0.05) is 72.8 Å². The van der Waals surface area contributed by atoms with Crippen LogP contribution in [0.5, 0.6) is 0 Å². The summed E-state index contributed by atoms with van der Waals surface area (Å²) in [6.45, 7) is 1.88. The molecule has 4 N–H and O–H groups in total. The van der Waals surface area contributed by atoms with Gasteiger partial charge in [-0.15, -0.1) is 46.4 Å². The third-order valence-electron chi connectivity index (χ3n) is 14.2. The van der Waals surface area contributed by atoms with Gasteiger partial charge in [-0.3, -0.25) is 38.6 Å². The molecule has 0 spiro atoms. The van der Waals surface area contributed by atoms with Gasteiger partial charge in [0, 0.05) is 95.8 Å². The number of carboxylic acids is 1. The number of nitrogens with two attached hydrogens (primary N) is 1. The van der Waals surface area contributed by atoms with E-state index in [1.807, 2.05) is 68.3 Å². The number of aliphatic carboxylic acids is 1. The zero-order valence-electron chi connectivity index (χ0n) is 45.5.